The lowest BCUT2D eigenvalue weighted by Gasteiger charge is -2.12. The lowest BCUT2D eigenvalue weighted by atomic mass is 10.1. The SMILES string of the molecule is COc1cc(C=C(C#N)C(=O)Nc2ccc(C)c(C)c2)ccc1OCc1ccccc1. The number of rotatable bonds is 7. The van der Waals surface area contributed by atoms with Gasteiger partial charge in [-0.3, -0.25) is 4.79 Å². The Hall–Kier alpha value is -4.04. The highest BCUT2D eigenvalue weighted by Gasteiger charge is 2.12. The fourth-order valence-electron chi connectivity index (χ4n) is 2.96. The maximum atomic E-state index is 12.6. The lowest BCUT2D eigenvalue weighted by Crippen LogP contribution is -2.13. The van der Waals surface area contributed by atoms with Crippen molar-refractivity contribution in [1.29, 1.82) is 5.26 Å². The number of ether oxygens (including phenoxy) is 2. The summed E-state index contributed by atoms with van der Waals surface area (Å²) in [5.41, 5.74) is 4.56. The van der Waals surface area contributed by atoms with Crippen molar-refractivity contribution in [3.8, 4) is 17.6 Å². The predicted octanol–water partition coefficient (Wildman–Crippen LogP) is 5.44. The second-order valence-electron chi connectivity index (χ2n) is 7.11. The number of hydrogen-bond acceptors (Lipinski definition) is 4. The van der Waals surface area contributed by atoms with E-state index in [4.69, 9.17) is 9.47 Å². The summed E-state index contributed by atoms with van der Waals surface area (Å²) in [6.07, 6.45) is 1.53. The molecule has 0 bridgehead atoms. The highest BCUT2D eigenvalue weighted by molar-refractivity contribution is 6.09. The molecule has 0 fully saturated rings. The quantitative estimate of drug-likeness (QED) is 0.414. The number of benzene rings is 3. The number of nitrogens with zero attached hydrogens (tertiary/aromatic N) is 1. The van der Waals surface area contributed by atoms with Crippen molar-refractivity contribution >= 4 is 17.7 Å². The highest BCUT2D eigenvalue weighted by atomic mass is 16.5. The van der Waals surface area contributed by atoms with Crippen LogP contribution in [0.15, 0.2) is 72.3 Å². The molecule has 0 aromatic heterocycles. The van der Waals surface area contributed by atoms with Gasteiger partial charge in [-0.05, 0) is 66.4 Å². The molecule has 0 saturated heterocycles. The Morgan fingerprint density at radius 1 is 1.00 bits per heavy atom. The van der Waals surface area contributed by atoms with Gasteiger partial charge in [-0.2, -0.15) is 5.26 Å². The van der Waals surface area contributed by atoms with Crippen LogP contribution >= 0.6 is 0 Å². The molecule has 0 spiro atoms. The molecule has 1 N–H and O–H groups in total. The van der Waals surface area contributed by atoms with Gasteiger partial charge in [0.1, 0.15) is 18.2 Å². The Balaban J connectivity index is 1.75. The molecule has 1 amide bonds. The van der Waals surface area contributed by atoms with Crippen LogP contribution < -0.4 is 14.8 Å². The molecule has 156 valence electrons. The predicted molar refractivity (Wildman–Crippen MR) is 122 cm³/mol. The molecular formula is C26H24N2O3. The molecule has 0 saturated carbocycles. The minimum absolute atomic E-state index is 0.00163. The summed E-state index contributed by atoms with van der Waals surface area (Å²) >= 11 is 0. The number of hydrogen-bond donors (Lipinski definition) is 1. The number of carbonyl (C=O) groups excluding carboxylic acids is 1. The van der Waals surface area contributed by atoms with Gasteiger partial charge in [-0.15, -0.1) is 0 Å². The van der Waals surface area contributed by atoms with Crippen molar-refractivity contribution < 1.29 is 14.3 Å². The number of carbonyl (C=O) groups is 1. The summed E-state index contributed by atoms with van der Waals surface area (Å²) < 4.78 is 11.3. The number of methoxy groups -OCH3 is 1. The second-order valence-corrected chi connectivity index (χ2v) is 7.11. The third-order valence-corrected chi connectivity index (χ3v) is 4.87. The van der Waals surface area contributed by atoms with E-state index in [1.165, 1.54) is 6.08 Å². The monoisotopic (exact) mass is 412 g/mol. The Labute approximate surface area is 182 Å². The van der Waals surface area contributed by atoms with Gasteiger partial charge in [-0.1, -0.05) is 42.5 Å². The van der Waals surface area contributed by atoms with Crippen LogP contribution in [0.1, 0.15) is 22.3 Å². The topological polar surface area (TPSA) is 71.3 Å². The molecular weight excluding hydrogens is 388 g/mol. The van der Waals surface area contributed by atoms with E-state index in [1.807, 2.05) is 68.4 Å². The third kappa shape index (κ3) is 5.74. The van der Waals surface area contributed by atoms with Crippen LogP contribution in [0.3, 0.4) is 0 Å². The standard InChI is InChI=1S/C26H24N2O3/c1-18-9-11-23(13-19(18)2)28-26(29)22(16-27)14-21-10-12-24(25(15-21)30-3)31-17-20-7-5-4-6-8-20/h4-15H,17H2,1-3H3,(H,28,29). The van der Waals surface area contributed by atoms with E-state index < -0.39 is 5.91 Å². The molecule has 0 unspecified atom stereocenters. The molecule has 5 heteroatoms. The number of anilines is 1. The van der Waals surface area contributed by atoms with Gasteiger partial charge in [0, 0.05) is 5.69 Å². The molecule has 0 atom stereocenters. The molecule has 0 radical (unpaired) electrons. The van der Waals surface area contributed by atoms with Crippen LogP contribution in [0.5, 0.6) is 11.5 Å². The summed E-state index contributed by atoms with van der Waals surface area (Å²) in [5.74, 6) is 0.646. The van der Waals surface area contributed by atoms with E-state index in [0.717, 1.165) is 16.7 Å². The Kier molecular flexibility index (Phi) is 7.08. The van der Waals surface area contributed by atoms with Crippen molar-refractivity contribution in [2.24, 2.45) is 0 Å². The van der Waals surface area contributed by atoms with Crippen LogP contribution in [0.4, 0.5) is 5.69 Å². The smallest absolute Gasteiger partial charge is 0.266 e. The summed E-state index contributed by atoms with van der Waals surface area (Å²) in [5, 5.41) is 12.3. The van der Waals surface area contributed by atoms with Crippen LogP contribution in [0.25, 0.3) is 6.08 Å². The van der Waals surface area contributed by atoms with E-state index in [1.54, 1.807) is 25.3 Å². The van der Waals surface area contributed by atoms with Crippen LogP contribution in [0.2, 0.25) is 0 Å². The molecule has 5 nitrogen and oxygen atoms in total. The van der Waals surface area contributed by atoms with E-state index in [9.17, 15) is 10.1 Å². The first kappa shape index (κ1) is 21.7. The molecule has 31 heavy (non-hydrogen) atoms. The van der Waals surface area contributed by atoms with Crippen LogP contribution in [0, 0.1) is 25.2 Å². The second kappa shape index (κ2) is 10.1. The molecule has 0 aliphatic heterocycles. The highest BCUT2D eigenvalue weighted by Crippen LogP contribution is 2.30. The minimum atomic E-state index is -0.464. The van der Waals surface area contributed by atoms with Crippen LogP contribution in [-0.2, 0) is 11.4 Å². The van der Waals surface area contributed by atoms with E-state index >= 15 is 0 Å². The summed E-state index contributed by atoms with van der Waals surface area (Å²) in [6.45, 7) is 4.39. The molecule has 0 aliphatic rings. The van der Waals surface area contributed by atoms with Crippen molar-refractivity contribution in [3.63, 3.8) is 0 Å². The van der Waals surface area contributed by atoms with E-state index in [-0.39, 0.29) is 5.57 Å². The maximum Gasteiger partial charge on any atom is 0.266 e. The van der Waals surface area contributed by atoms with Gasteiger partial charge < -0.3 is 14.8 Å². The molecule has 3 aromatic rings. The van der Waals surface area contributed by atoms with Gasteiger partial charge in [0.15, 0.2) is 11.5 Å². The minimum Gasteiger partial charge on any atom is -0.493 e. The fraction of sp³-hybridized carbons (Fsp3) is 0.154. The van der Waals surface area contributed by atoms with Gasteiger partial charge in [0.25, 0.3) is 5.91 Å². The summed E-state index contributed by atoms with van der Waals surface area (Å²) in [4.78, 5) is 12.6. The largest absolute Gasteiger partial charge is 0.493 e. The average molecular weight is 412 g/mol. The van der Waals surface area contributed by atoms with Crippen molar-refractivity contribution in [1.82, 2.24) is 0 Å². The van der Waals surface area contributed by atoms with Crippen LogP contribution in [-0.4, -0.2) is 13.0 Å². The number of amides is 1. The van der Waals surface area contributed by atoms with Crippen molar-refractivity contribution in [2.75, 3.05) is 12.4 Å². The van der Waals surface area contributed by atoms with Gasteiger partial charge in [-0.25, -0.2) is 0 Å². The first-order chi connectivity index (χ1) is 15.0. The van der Waals surface area contributed by atoms with Gasteiger partial charge in [0.2, 0.25) is 0 Å². The molecule has 3 aromatic carbocycles. The molecule has 3 rings (SSSR count). The number of aryl methyl sites for hydroxylation is 2. The molecule has 0 aliphatic carbocycles. The average Bonchev–Trinajstić information content (AvgIpc) is 2.79. The fourth-order valence-corrected chi connectivity index (χ4v) is 2.96. The van der Waals surface area contributed by atoms with E-state index in [2.05, 4.69) is 5.32 Å². The first-order valence-electron chi connectivity index (χ1n) is 9.85. The maximum absolute atomic E-state index is 12.6. The lowest BCUT2D eigenvalue weighted by molar-refractivity contribution is -0.112. The van der Waals surface area contributed by atoms with Gasteiger partial charge >= 0.3 is 0 Å². The zero-order valence-corrected chi connectivity index (χ0v) is 17.8. The Bertz CT molecular complexity index is 1150. The van der Waals surface area contributed by atoms with Crippen molar-refractivity contribution in [3.05, 3.63) is 94.6 Å². The normalized spacial score (nSPS) is 10.8. The first-order valence-corrected chi connectivity index (χ1v) is 9.85. The number of nitriles is 1. The summed E-state index contributed by atoms with van der Waals surface area (Å²) in [6, 6.07) is 22.7. The zero-order valence-electron chi connectivity index (χ0n) is 17.8. The Morgan fingerprint density at radius 2 is 1.77 bits per heavy atom. The summed E-state index contributed by atoms with van der Waals surface area (Å²) in [7, 11) is 1.55. The van der Waals surface area contributed by atoms with Crippen molar-refractivity contribution in [2.45, 2.75) is 20.5 Å². The zero-order chi connectivity index (χ0) is 22.2. The molecule has 0 heterocycles. The van der Waals surface area contributed by atoms with Gasteiger partial charge in [0.05, 0.1) is 7.11 Å². The number of nitrogens with one attached hydrogen (secondary N) is 1. The third-order valence-electron chi connectivity index (χ3n) is 4.87. The van der Waals surface area contributed by atoms with E-state index in [0.29, 0.717) is 29.4 Å². The Morgan fingerprint density at radius 3 is 2.45 bits per heavy atom.